The van der Waals surface area contributed by atoms with E-state index in [2.05, 4.69) is 15.8 Å². The van der Waals surface area contributed by atoms with Crippen molar-refractivity contribution >= 4 is 50.8 Å². The smallest absolute Gasteiger partial charge is 0.354 e. The molecule has 312 valence electrons. The van der Waals surface area contributed by atoms with E-state index in [0.29, 0.717) is 23.7 Å². The lowest BCUT2D eigenvalue weighted by molar-refractivity contribution is -0.150. The number of aromatic hydroxyl groups is 2. The molecule has 9 rings (SSSR count). The van der Waals surface area contributed by atoms with E-state index < -0.39 is 45.5 Å². The summed E-state index contributed by atoms with van der Waals surface area (Å²) in [6.45, 7) is 0.510. The van der Waals surface area contributed by atoms with Crippen molar-refractivity contribution in [3.05, 3.63) is 153 Å². The molecule has 16 heteroatoms. The molecule has 1 aliphatic carbocycles. The summed E-state index contributed by atoms with van der Waals surface area (Å²) in [7, 11) is -1.81. The van der Waals surface area contributed by atoms with Crippen LogP contribution in [-0.4, -0.2) is 87.6 Å². The SMILES string of the molecule is O=C(O)C1=C(N2CCc3cc(O)c(O)cc3C2)CS(=O)[C@H]2C(NC(=O)/C(=N\OC3CCCC3)c3csc(NC(c4ccccc4)(c4ccccc4)c4ccccc4)n3)C(=O)N12. The maximum absolute atomic E-state index is 14.3. The number of benzene rings is 4. The van der Waals surface area contributed by atoms with Crippen LogP contribution in [0.5, 0.6) is 11.5 Å². The van der Waals surface area contributed by atoms with Gasteiger partial charge in [0.25, 0.3) is 11.8 Å². The third-order valence-corrected chi connectivity index (χ3v) is 14.1. The summed E-state index contributed by atoms with van der Waals surface area (Å²) in [5, 5.41) is 42.3. The third-order valence-electron chi connectivity index (χ3n) is 11.8. The van der Waals surface area contributed by atoms with Crippen molar-refractivity contribution in [3.63, 3.8) is 0 Å². The summed E-state index contributed by atoms with van der Waals surface area (Å²) in [6.07, 6.45) is 3.69. The minimum absolute atomic E-state index is 0.174. The lowest BCUT2D eigenvalue weighted by Crippen LogP contribution is -2.74. The quantitative estimate of drug-likeness (QED) is 0.0355. The molecule has 4 aliphatic rings. The molecule has 4 heterocycles. The first-order valence-electron chi connectivity index (χ1n) is 20.0. The van der Waals surface area contributed by atoms with Gasteiger partial charge in [-0.2, -0.15) is 0 Å². The van der Waals surface area contributed by atoms with E-state index in [1.54, 1.807) is 10.3 Å². The highest BCUT2D eigenvalue weighted by atomic mass is 32.2. The van der Waals surface area contributed by atoms with Crippen LogP contribution >= 0.6 is 11.3 Å². The van der Waals surface area contributed by atoms with Crippen LogP contribution in [-0.2, 0) is 48.5 Å². The number of carbonyl (C=O) groups excluding carboxylic acids is 2. The first-order chi connectivity index (χ1) is 29.6. The molecule has 5 N–H and O–H groups in total. The number of phenolic OH excluding ortho intramolecular Hbond substituents is 2. The van der Waals surface area contributed by atoms with Gasteiger partial charge < -0.3 is 35.7 Å². The molecule has 0 bridgehead atoms. The lowest BCUT2D eigenvalue weighted by Gasteiger charge is -2.50. The number of oxime groups is 1. The zero-order chi connectivity index (χ0) is 42.3. The van der Waals surface area contributed by atoms with Gasteiger partial charge in [-0.05, 0) is 72.1 Å². The highest BCUT2D eigenvalue weighted by Gasteiger charge is 2.58. The minimum Gasteiger partial charge on any atom is -0.504 e. The van der Waals surface area contributed by atoms with Crippen LogP contribution in [0, 0.1) is 0 Å². The van der Waals surface area contributed by atoms with Crippen LogP contribution in [0.2, 0.25) is 0 Å². The zero-order valence-corrected chi connectivity index (χ0v) is 34.4. The molecule has 0 radical (unpaired) electrons. The van der Waals surface area contributed by atoms with Gasteiger partial charge in [0, 0.05) is 18.5 Å². The number of aliphatic carboxylic acids is 1. The maximum atomic E-state index is 14.3. The van der Waals surface area contributed by atoms with Gasteiger partial charge in [-0.3, -0.25) is 18.7 Å². The van der Waals surface area contributed by atoms with E-state index in [4.69, 9.17) is 9.82 Å². The Morgan fingerprint density at radius 3 is 2.07 bits per heavy atom. The second-order valence-electron chi connectivity index (χ2n) is 15.4. The second kappa shape index (κ2) is 16.5. The number of rotatable bonds is 12. The number of phenols is 2. The number of nitrogens with zero attached hydrogens (tertiary/aromatic N) is 4. The fraction of sp³-hybridized carbons (Fsp3) is 0.267. The Labute approximate surface area is 357 Å². The molecular weight excluding hydrogens is 817 g/mol. The maximum Gasteiger partial charge on any atom is 0.354 e. The molecule has 0 spiro atoms. The summed E-state index contributed by atoms with van der Waals surface area (Å²) in [5.41, 5.74) is 3.35. The zero-order valence-electron chi connectivity index (χ0n) is 32.8. The molecule has 14 nitrogen and oxygen atoms in total. The van der Waals surface area contributed by atoms with E-state index in [1.165, 1.54) is 23.5 Å². The number of thiazole rings is 1. The highest BCUT2D eigenvalue weighted by Crippen LogP contribution is 2.42. The molecule has 3 aliphatic heterocycles. The Hall–Kier alpha value is -6.52. The van der Waals surface area contributed by atoms with Crippen LogP contribution < -0.4 is 10.6 Å². The standard InChI is InChI=1S/C45H42N6O8S2/c52-35-22-27-20-21-50(24-28(27)23-36(35)53)34-26-61(58)42-38(41(55)51(42)39(34)43(56)57)47-40(54)37(49-59-32-18-10-11-19-32)33-25-60-44(46-33)48-45(29-12-4-1-5-13-29,30-14-6-2-7-15-30)31-16-8-3-9-17-31/h1-9,12-17,22-23,25,32,38,42,52-53H,10-11,18-21,24,26H2,(H,46,48)(H,47,54)(H,56,57)/b49-37-/t38?,42-,61?/m0/s1. The van der Waals surface area contributed by atoms with Gasteiger partial charge in [0.05, 0.1) is 22.2 Å². The number of β-lactam (4-membered cyclic amide) rings is 1. The summed E-state index contributed by atoms with van der Waals surface area (Å²) in [6, 6.07) is 31.6. The number of nitrogens with one attached hydrogen (secondary N) is 2. The molecule has 1 saturated heterocycles. The van der Waals surface area contributed by atoms with Crippen LogP contribution in [0.15, 0.2) is 125 Å². The van der Waals surface area contributed by atoms with E-state index in [9.17, 15) is 33.9 Å². The van der Waals surface area contributed by atoms with Gasteiger partial charge in [0.2, 0.25) is 0 Å². The largest absolute Gasteiger partial charge is 0.504 e. The third kappa shape index (κ3) is 7.39. The van der Waals surface area contributed by atoms with E-state index in [1.807, 2.05) is 91.0 Å². The van der Waals surface area contributed by atoms with Gasteiger partial charge in [0.15, 0.2) is 28.0 Å². The fourth-order valence-corrected chi connectivity index (χ4v) is 11.2. The summed E-state index contributed by atoms with van der Waals surface area (Å²) < 4.78 is 14.0. The highest BCUT2D eigenvalue weighted by molar-refractivity contribution is 7.86. The fourth-order valence-electron chi connectivity index (χ4n) is 8.73. The number of anilines is 1. The van der Waals surface area contributed by atoms with E-state index in [0.717, 1.165) is 52.8 Å². The first kappa shape index (κ1) is 39.9. The summed E-state index contributed by atoms with van der Waals surface area (Å²) >= 11 is 1.27. The number of carboxylic acid groups (broad SMARTS) is 1. The number of fused-ring (bicyclic) bond motifs is 2. The van der Waals surface area contributed by atoms with Crippen molar-refractivity contribution in [1.29, 1.82) is 0 Å². The molecular formula is C45H42N6O8S2. The number of amides is 2. The molecule has 1 saturated carbocycles. The predicted molar refractivity (Wildman–Crippen MR) is 229 cm³/mol. The molecule has 4 aromatic carbocycles. The van der Waals surface area contributed by atoms with Crippen molar-refractivity contribution in [2.45, 2.75) is 61.7 Å². The van der Waals surface area contributed by atoms with Crippen LogP contribution in [0.4, 0.5) is 5.13 Å². The first-order valence-corrected chi connectivity index (χ1v) is 22.3. The topological polar surface area (TPSA) is 194 Å². The van der Waals surface area contributed by atoms with Crippen molar-refractivity contribution in [1.82, 2.24) is 20.1 Å². The van der Waals surface area contributed by atoms with Gasteiger partial charge in [-0.25, -0.2) is 9.78 Å². The Bertz CT molecular complexity index is 2480. The molecule has 2 fully saturated rings. The van der Waals surface area contributed by atoms with Crippen molar-refractivity contribution in [2.24, 2.45) is 5.16 Å². The number of carboxylic acids is 1. The van der Waals surface area contributed by atoms with Gasteiger partial charge in [-0.1, -0.05) is 96.2 Å². The van der Waals surface area contributed by atoms with Crippen LogP contribution in [0.25, 0.3) is 0 Å². The molecule has 2 amide bonds. The van der Waals surface area contributed by atoms with E-state index in [-0.39, 0.29) is 52.7 Å². The molecule has 61 heavy (non-hydrogen) atoms. The Morgan fingerprint density at radius 1 is 0.885 bits per heavy atom. The number of aromatic nitrogens is 1. The number of carbonyl (C=O) groups is 3. The molecule has 2 unspecified atom stereocenters. The monoisotopic (exact) mass is 858 g/mol. The minimum atomic E-state index is -1.81. The average Bonchev–Trinajstić information content (AvgIpc) is 3.98. The Morgan fingerprint density at radius 2 is 1.48 bits per heavy atom. The van der Waals surface area contributed by atoms with Crippen LogP contribution in [0.1, 0.15) is 59.2 Å². The van der Waals surface area contributed by atoms with Crippen molar-refractivity contribution in [3.8, 4) is 11.5 Å². The summed E-state index contributed by atoms with van der Waals surface area (Å²) in [4.78, 5) is 54.6. The van der Waals surface area contributed by atoms with Crippen molar-refractivity contribution < 1.29 is 38.7 Å². The van der Waals surface area contributed by atoms with Gasteiger partial charge >= 0.3 is 5.97 Å². The second-order valence-corrected chi connectivity index (χ2v) is 17.8. The normalized spacial score (nSPS) is 20.4. The summed E-state index contributed by atoms with van der Waals surface area (Å²) in [5.74, 6) is -3.62. The van der Waals surface area contributed by atoms with E-state index >= 15 is 0 Å². The molecule has 3 atom stereocenters. The number of hydrogen-bond acceptors (Lipinski definition) is 12. The van der Waals surface area contributed by atoms with Crippen molar-refractivity contribution in [2.75, 3.05) is 17.6 Å². The van der Waals surface area contributed by atoms with Gasteiger partial charge in [0.1, 0.15) is 28.8 Å². The predicted octanol–water partition coefficient (Wildman–Crippen LogP) is 5.39. The lowest BCUT2D eigenvalue weighted by atomic mass is 9.77. The molecule has 5 aromatic rings. The Kier molecular flexibility index (Phi) is 10.8. The Balaban J connectivity index is 1.01. The van der Waals surface area contributed by atoms with Gasteiger partial charge in [-0.15, -0.1) is 11.3 Å². The average molecular weight is 859 g/mol. The molecule has 1 aromatic heterocycles. The number of hydrogen-bond donors (Lipinski definition) is 5. The van der Waals surface area contributed by atoms with Crippen LogP contribution in [0.3, 0.4) is 0 Å².